The third kappa shape index (κ3) is 3.67. The van der Waals surface area contributed by atoms with Crippen molar-refractivity contribution in [2.75, 3.05) is 0 Å². The molecule has 5 heteroatoms. The zero-order valence-electron chi connectivity index (χ0n) is 11.3. The molecule has 104 valence electrons. The maximum Gasteiger partial charge on any atom is 0.116 e. The van der Waals surface area contributed by atoms with Crippen molar-refractivity contribution >= 4 is 12.7 Å². The SMILES string of the molecule is N#Cc1ccc(-c2cccc(O)c2)cc1CN=CN=CN. The van der Waals surface area contributed by atoms with Gasteiger partial charge in [0.1, 0.15) is 12.1 Å². The Morgan fingerprint density at radius 3 is 2.71 bits per heavy atom. The van der Waals surface area contributed by atoms with E-state index in [-0.39, 0.29) is 5.75 Å². The summed E-state index contributed by atoms with van der Waals surface area (Å²) in [6.07, 6.45) is 2.50. The molecule has 2 aromatic carbocycles. The summed E-state index contributed by atoms with van der Waals surface area (Å²) in [7, 11) is 0. The van der Waals surface area contributed by atoms with Crippen LogP contribution in [0.15, 0.2) is 52.4 Å². The Morgan fingerprint density at radius 1 is 1.19 bits per heavy atom. The fraction of sp³-hybridized carbons (Fsp3) is 0.0625. The van der Waals surface area contributed by atoms with Gasteiger partial charge in [0, 0.05) is 0 Å². The highest BCUT2D eigenvalue weighted by atomic mass is 16.3. The summed E-state index contributed by atoms with van der Waals surface area (Å²) in [5.74, 6) is 0.203. The topological polar surface area (TPSA) is 94.8 Å². The molecule has 5 nitrogen and oxygen atoms in total. The van der Waals surface area contributed by atoms with E-state index in [1.807, 2.05) is 18.2 Å². The second-order valence-electron chi connectivity index (χ2n) is 4.29. The highest BCUT2D eigenvalue weighted by Gasteiger charge is 2.05. The molecule has 0 amide bonds. The molecule has 0 fully saturated rings. The van der Waals surface area contributed by atoms with Crippen molar-refractivity contribution in [3.8, 4) is 22.9 Å². The van der Waals surface area contributed by atoms with Crippen molar-refractivity contribution in [3.63, 3.8) is 0 Å². The molecule has 0 atom stereocenters. The molecule has 0 aromatic heterocycles. The van der Waals surface area contributed by atoms with Crippen LogP contribution in [0.25, 0.3) is 11.1 Å². The van der Waals surface area contributed by atoms with Gasteiger partial charge in [-0.25, -0.2) is 4.99 Å². The van der Waals surface area contributed by atoms with Crippen LogP contribution in [0.3, 0.4) is 0 Å². The Morgan fingerprint density at radius 2 is 2.00 bits per heavy atom. The maximum atomic E-state index is 9.54. The number of hydrogen-bond donors (Lipinski definition) is 2. The monoisotopic (exact) mass is 278 g/mol. The summed E-state index contributed by atoms with van der Waals surface area (Å²) in [5.41, 5.74) is 8.27. The smallest absolute Gasteiger partial charge is 0.116 e. The molecular weight excluding hydrogens is 264 g/mol. The van der Waals surface area contributed by atoms with Crippen molar-refractivity contribution in [2.45, 2.75) is 6.54 Å². The number of aromatic hydroxyl groups is 1. The van der Waals surface area contributed by atoms with E-state index in [4.69, 9.17) is 11.0 Å². The Hall–Kier alpha value is -3.13. The first-order chi connectivity index (χ1) is 10.2. The average molecular weight is 278 g/mol. The minimum absolute atomic E-state index is 0.203. The molecule has 0 bridgehead atoms. The van der Waals surface area contributed by atoms with E-state index in [0.29, 0.717) is 12.1 Å². The number of nitrogens with two attached hydrogens (primary N) is 1. The van der Waals surface area contributed by atoms with Gasteiger partial charge < -0.3 is 10.8 Å². The second-order valence-corrected chi connectivity index (χ2v) is 4.29. The molecule has 3 N–H and O–H groups in total. The van der Waals surface area contributed by atoms with E-state index < -0.39 is 0 Å². The van der Waals surface area contributed by atoms with Crippen molar-refractivity contribution in [2.24, 2.45) is 15.7 Å². The third-order valence-electron chi connectivity index (χ3n) is 2.90. The van der Waals surface area contributed by atoms with Gasteiger partial charge in [-0.05, 0) is 41.0 Å². The van der Waals surface area contributed by atoms with Crippen LogP contribution in [0.1, 0.15) is 11.1 Å². The maximum absolute atomic E-state index is 9.54. The van der Waals surface area contributed by atoms with E-state index in [1.54, 1.807) is 24.3 Å². The molecule has 0 aliphatic rings. The first-order valence-electron chi connectivity index (χ1n) is 6.28. The molecule has 0 heterocycles. The minimum Gasteiger partial charge on any atom is -0.508 e. The summed E-state index contributed by atoms with van der Waals surface area (Å²) in [6, 6.07) is 14.6. The molecule has 0 saturated heterocycles. The van der Waals surface area contributed by atoms with Gasteiger partial charge >= 0.3 is 0 Å². The molecule has 2 rings (SSSR count). The number of nitrogens with zero attached hydrogens (tertiary/aromatic N) is 3. The van der Waals surface area contributed by atoms with Crippen molar-refractivity contribution in [1.29, 1.82) is 5.26 Å². The van der Waals surface area contributed by atoms with Gasteiger partial charge in [-0.1, -0.05) is 18.2 Å². The van der Waals surface area contributed by atoms with Gasteiger partial charge in [0.15, 0.2) is 0 Å². The predicted molar refractivity (Wildman–Crippen MR) is 83.1 cm³/mol. The lowest BCUT2D eigenvalue weighted by atomic mass is 9.99. The molecule has 0 unspecified atom stereocenters. The molecule has 0 aliphatic heterocycles. The number of phenolic OH excluding ortho intramolecular Hbond substituents is 1. The number of phenols is 1. The van der Waals surface area contributed by atoms with Crippen LogP contribution < -0.4 is 5.73 Å². The van der Waals surface area contributed by atoms with E-state index in [9.17, 15) is 5.11 Å². The number of rotatable bonds is 4. The third-order valence-corrected chi connectivity index (χ3v) is 2.90. The van der Waals surface area contributed by atoms with Crippen LogP contribution in [0.2, 0.25) is 0 Å². The number of nitriles is 1. The van der Waals surface area contributed by atoms with E-state index in [2.05, 4.69) is 16.1 Å². The molecule has 0 radical (unpaired) electrons. The normalized spacial score (nSPS) is 11.0. The molecule has 21 heavy (non-hydrogen) atoms. The van der Waals surface area contributed by atoms with Gasteiger partial charge in [-0.3, -0.25) is 4.99 Å². The second kappa shape index (κ2) is 6.87. The summed E-state index contributed by atoms with van der Waals surface area (Å²) < 4.78 is 0. The van der Waals surface area contributed by atoms with Gasteiger partial charge in [-0.2, -0.15) is 5.26 Å². The Bertz CT molecular complexity index is 729. The first-order valence-corrected chi connectivity index (χ1v) is 6.28. The fourth-order valence-corrected chi connectivity index (χ4v) is 1.92. The molecular formula is C16H14N4O. The summed E-state index contributed by atoms with van der Waals surface area (Å²) in [6.45, 7) is 0.340. The van der Waals surface area contributed by atoms with E-state index >= 15 is 0 Å². The van der Waals surface area contributed by atoms with Crippen molar-refractivity contribution < 1.29 is 5.11 Å². The fourth-order valence-electron chi connectivity index (χ4n) is 1.92. The summed E-state index contributed by atoms with van der Waals surface area (Å²) in [5, 5.41) is 18.7. The van der Waals surface area contributed by atoms with Crippen LogP contribution in [-0.4, -0.2) is 17.8 Å². The Balaban J connectivity index is 2.35. The number of aliphatic imine (C=N–C) groups is 2. The zero-order valence-corrected chi connectivity index (χ0v) is 11.3. The summed E-state index contributed by atoms with van der Waals surface area (Å²) >= 11 is 0. The van der Waals surface area contributed by atoms with E-state index in [1.165, 1.54) is 6.34 Å². The van der Waals surface area contributed by atoms with E-state index in [0.717, 1.165) is 23.0 Å². The molecule has 0 spiro atoms. The lowest BCUT2D eigenvalue weighted by Crippen LogP contribution is -1.91. The van der Waals surface area contributed by atoms with Gasteiger partial charge in [-0.15, -0.1) is 0 Å². The zero-order chi connectivity index (χ0) is 15.1. The largest absolute Gasteiger partial charge is 0.508 e. The van der Waals surface area contributed by atoms with Crippen LogP contribution in [0.4, 0.5) is 0 Å². The lowest BCUT2D eigenvalue weighted by Gasteiger charge is -2.06. The highest BCUT2D eigenvalue weighted by Crippen LogP contribution is 2.25. The number of benzene rings is 2. The Labute approximate surface area is 122 Å². The quantitative estimate of drug-likeness (QED) is 0.664. The number of hydrogen-bond acceptors (Lipinski definition) is 3. The van der Waals surface area contributed by atoms with Crippen LogP contribution in [0, 0.1) is 11.3 Å². The standard InChI is InChI=1S/C16H14N4O/c17-8-14-5-4-13(12-2-1-3-16(21)7-12)6-15(14)9-19-11-20-10-18/h1-7,10-11,21H,9H2,(H2,18,19,20). The van der Waals surface area contributed by atoms with Crippen LogP contribution in [0.5, 0.6) is 5.75 Å². The molecule has 2 aromatic rings. The highest BCUT2D eigenvalue weighted by molar-refractivity contribution is 5.70. The van der Waals surface area contributed by atoms with Crippen molar-refractivity contribution in [3.05, 3.63) is 53.6 Å². The minimum atomic E-state index is 0.203. The van der Waals surface area contributed by atoms with Crippen LogP contribution >= 0.6 is 0 Å². The lowest BCUT2D eigenvalue weighted by molar-refractivity contribution is 0.475. The van der Waals surface area contributed by atoms with Gasteiger partial charge in [0.25, 0.3) is 0 Å². The Kier molecular flexibility index (Phi) is 4.67. The van der Waals surface area contributed by atoms with Gasteiger partial charge in [0.2, 0.25) is 0 Å². The van der Waals surface area contributed by atoms with Crippen LogP contribution in [-0.2, 0) is 6.54 Å². The average Bonchev–Trinajstić information content (AvgIpc) is 2.51. The predicted octanol–water partition coefficient (Wildman–Crippen LogP) is 2.45. The van der Waals surface area contributed by atoms with Gasteiger partial charge in [0.05, 0.1) is 24.5 Å². The molecule has 0 saturated carbocycles. The molecule has 0 aliphatic carbocycles. The van der Waals surface area contributed by atoms with Crippen molar-refractivity contribution in [1.82, 2.24) is 0 Å². The first kappa shape index (κ1) is 14.3. The summed E-state index contributed by atoms with van der Waals surface area (Å²) in [4.78, 5) is 7.77.